The van der Waals surface area contributed by atoms with E-state index in [1.54, 1.807) is 19.2 Å². The van der Waals surface area contributed by atoms with Crippen LogP contribution in [0.2, 0.25) is 0 Å². The van der Waals surface area contributed by atoms with E-state index in [2.05, 4.69) is 0 Å². The van der Waals surface area contributed by atoms with E-state index in [0.717, 1.165) is 42.4 Å². The Hall–Kier alpha value is -1.81. The van der Waals surface area contributed by atoms with Crippen LogP contribution in [0.5, 0.6) is 5.75 Å². The molecule has 0 aromatic heterocycles. The van der Waals surface area contributed by atoms with Gasteiger partial charge in [0.15, 0.2) is 5.78 Å². The largest absolute Gasteiger partial charge is 0.512 e. The van der Waals surface area contributed by atoms with Crippen LogP contribution in [0.15, 0.2) is 17.9 Å². The van der Waals surface area contributed by atoms with Crippen LogP contribution < -0.4 is 0 Å². The molecular formula is C20H26O4. The van der Waals surface area contributed by atoms with E-state index < -0.39 is 0 Å². The molecule has 4 nitrogen and oxygen atoms in total. The minimum Gasteiger partial charge on any atom is -0.512 e. The highest BCUT2D eigenvalue weighted by molar-refractivity contribution is 6.23. The van der Waals surface area contributed by atoms with Crippen LogP contribution in [0.3, 0.4) is 0 Å². The molecule has 2 aliphatic carbocycles. The van der Waals surface area contributed by atoms with E-state index in [1.807, 2.05) is 13.8 Å². The molecule has 0 bridgehead atoms. The van der Waals surface area contributed by atoms with Crippen LogP contribution in [0.25, 0.3) is 5.57 Å². The predicted octanol–water partition coefficient (Wildman–Crippen LogP) is 4.22. The molecule has 24 heavy (non-hydrogen) atoms. The second-order valence-corrected chi connectivity index (χ2v) is 7.49. The van der Waals surface area contributed by atoms with Crippen molar-refractivity contribution in [2.45, 2.75) is 58.5 Å². The predicted molar refractivity (Wildman–Crippen MR) is 93.1 cm³/mol. The van der Waals surface area contributed by atoms with Gasteiger partial charge in [0.1, 0.15) is 11.5 Å². The van der Waals surface area contributed by atoms with Crippen molar-refractivity contribution in [1.82, 2.24) is 0 Å². The Bertz CT molecular complexity index is 671. The van der Waals surface area contributed by atoms with Crippen molar-refractivity contribution in [2.24, 2.45) is 5.41 Å². The number of carbonyl (C=O) groups excluding carboxylic acids is 1. The normalized spacial score (nSPS) is 27.8. The van der Waals surface area contributed by atoms with E-state index >= 15 is 0 Å². The van der Waals surface area contributed by atoms with E-state index in [4.69, 9.17) is 4.74 Å². The lowest BCUT2D eigenvalue weighted by Gasteiger charge is -2.42. The van der Waals surface area contributed by atoms with Crippen molar-refractivity contribution >= 4 is 11.4 Å². The number of ketones is 1. The number of aliphatic hydroxyl groups is 1. The smallest absolute Gasteiger partial charge is 0.167 e. The van der Waals surface area contributed by atoms with Crippen LogP contribution in [-0.2, 0) is 9.53 Å². The van der Waals surface area contributed by atoms with Crippen molar-refractivity contribution in [1.29, 1.82) is 0 Å². The minimum absolute atomic E-state index is 0.0199. The molecule has 0 aliphatic heterocycles. The van der Waals surface area contributed by atoms with Gasteiger partial charge in [-0.2, -0.15) is 0 Å². The summed E-state index contributed by atoms with van der Waals surface area (Å²) in [5.74, 6) is 0.414. The first kappa shape index (κ1) is 17.0. The molecule has 0 unspecified atom stereocenters. The number of Topliss-reactive ketones (excluding diaryl/α,β-unsaturated/α-hetero) is 1. The monoisotopic (exact) mass is 330 g/mol. The summed E-state index contributed by atoms with van der Waals surface area (Å²) >= 11 is 0. The van der Waals surface area contributed by atoms with Gasteiger partial charge in [-0.1, -0.05) is 0 Å². The second kappa shape index (κ2) is 6.25. The van der Waals surface area contributed by atoms with Gasteiger partial charge in [-0.15, -0.1) is 0 Å². The maximum atomic E-state index is 12.9. The Morgan fingerprint density at radius 1 is 1.08 bits per heavy atom. The van der Waals surface area contributed by atoms with Gasteiger partial charge in [-0.25, -0.2) is 0 Å². The third-order valence-corrected chi connectivity index (χ3v) is 5.74. The number of aromatic hydroxyl groups is 1. The molecule has 1 saturated carbocycles. The highest BCUT2D eigenvalue weighted by Gasteiger charge is 2.43. The van der Waals surface area contributed by atoms with Gasteiger partial charge in [0.2, 0.25) is 0 Å². The second-order valence-electron chi connectivity index (χ2n) is 7.49. The van der Waals surface area contributed by atoms with Gasteiger partial charge in [0.05, 0.1) is 11.7 Å². The van der Waals surface area contributed by atoms with Gasteiger partial charge in [-0.3, -0.25) is 4.79 Å². The molecule has 0 amide bonds. The van der Waals surface area contributed by atoms with Crippen LogP contribution in [0, 0.1) is 19.3 Å². The number of phenolic OH excluding ortho intramolecular Hbond substituents is 1. The van der Waals surface area contributed by atoms with Crippen molar-refractivity contribution in [3.8, 4) is 5.75 Å². The Morgan fingerprint density at radius 3 is 2.17 bits per heavy atom. The highest BCUT2D eigenvalue weighted by Crippen LogP contribution is 2.50. The SMILES string of the molecule is COC1CCC2(CC1)CC(=O)C(c1c(C)cc(O)cc1C)=C(O)C2. The molecule has 1 spiro atoms. The molecule has 0 heterocycles. The molecule has 2 N–H and O–H groups in total. The first-order valence-electron chi connectivity index (χ1n) is 8.64. The minimum atomic E-state index is -0.113. The Morgan fingerprint density at radius 2 is 1.67 bits per heavy atom. The summed E-state index contributed by atoms with van der Waals surface area (Å²) in [6.07, 6.45) is 5.06. The molecule has 0 saturated heterocycles. The van der Waals surface area contributed by atoms with Crippen molar-refractivity contribution < 1.29 is 19.7 Å². The number of aliphatic hydroxyl groups excluding tert-OH is 1. The van der Waals surface area contributed by atoms with Gasteiger partial charge in [0, 0.05) is 20.0 Å². The number of hydrogen-bond acceptors (Lipinski definition) is 4. The first-order valence-corrected chi connectivity index (χ1v) is 8.64. The topological polar surface area (TPSA) is 66.8 Å². The molecule has 1 aromatic carbocycles. The quantitative estimate of drug-likeness (QED) is 0.852. The van der Waals surface area contributed by atoms with Gasteiger partial charge in [-0.05, 0) is 73.8 Å². The molecule has 2 aliphatic rings. The summed E-state index contributed by atoms with van der Waals surface area (Å²) in [6.45, 7) is 3.73. The molecule has 3 rings (SSSR count). The fourth-order valence-electron chi connectivity index (χ4n) is 4.51. The third kappa shape index (κ3) is 2.95. The molecule has 0 radical (unpaired) electrons. The Labute approximate surface area is 143 Å². The number of carbonyl (C=O) groups is 1. The van der Waals surface area contributed by atoms with Crippen LogP contribution in [0.4, 0.5) is 0 Å². The average Bonchev–Trinajstić information content (AvgIpc) is 2.50. The number of ether oxygens (including phenoxy) is 1. The number of phenols is 1. The number of rotatable bonds is 2. The lowest BCUT2D eigenvalue weighted by atomic mass is 9.64. The van der Waals surface area contributed by atoms with Crippen LogP contribution in [0.1, 0.15) is 55.2 Å². The van der Waals surface area contributed by atoms with Crippen LogP contribution >= 0.6 is 0 Å². The summed E-state index contributed by atoms with van der Waals surface area (Å²) in [5.41, 5.74) is 2.75. The summed E-state index contributed by atoms with van der Waals surface area (Å²) < 4.78 is 5.43. The lowest BCUT2D eigenvalue weighted by molar-refractivity contribution is -0.118. The van der Waals surface area contributed by atoms with Crippen molar-refractivity contribution in [2.75, 3.05) is 7.11 Å². The summed E-state index contributed by atoms with van der Waals surface area (Å²) in [7, 11) is 1.74. The van der Waals surface area contributed by atoms with Gasteiger partial charge >= 0.3 is 0 Å². The van der Waals surface area contributed by atoms with Crippen molar-refractivity contribution in [3.05, 3.63) is 34.6 Å². The van der Waals surface area contributed by atoms with E-state index in [9.17, 15) is 15.0 Å². The number of benzene rings is 1. The lowest BCUT2D eigenvalue weighted by Crippen LogP contribution is -2.36. The highest BCUT2D eigenvalue weighted by atomic mass is 16.5. The molecule has 4 heteroatoms. The van der Waals surface area contributed by atoms with E-state index in [0.29, 0.717) is 18.4 Å². The standard InChI is InChI=1S/C20H26O4/c1-12-8-14(21)9-13(2)18(12)19-16(22)10-20(11-17(19)23)6-4-15(24-3)5-7-20/h8-9,15,21-22H,4-7,10-11H2,1-3H3. The van der Waals surface area contributed by atoms with E-state index in [-0.39, 0.29) is 28.8 Å². The Kier molecular flexibility index (Phi) is 4.43. The third-order valence-electron chi connectivity index (χ3n) is 5.74. The van der Waals surface area contributed by atoms with Gasteiger partial charge < -0.3 is 14.9 Å². The molecule has 1 aromatic rings. The van der Waals surface area contributed by atoms with Crippen LogP contribution in [-0.4, -0.2) is 29.2 Å². The molecular weight excluding hydrogens is 304 g/mol. The maximum Gasteiger partial charge on any atom is 0.167 e. The first-order chi connectivity index (χ1) is 11.3. The number of aryl methyl sites for hydroxylation is 2. The summed E-state index contributed by atoms with van der Waals surface area (Å²) in [4.78, 5) is 12.9. The average molecular weight is 330 g/mol. The number of methoxy groups -OCH3 is 1. The van der Waals surface area contributed by atoms with Gasteiger partial charge in [0.25, 0.3) is 0 Å². The summed E-state index contributed by atoms with van der Waals surface area (Å²) in [5, 5.41) is 20.4. The maximum absolute atomic E-state index is 12.9. The zero-order valence-corrected chi connectivity index (χ0v) is 14.7. The fraction of sp³-hybridized carbons (Fsp3) is 0.550. The molecule has 130 valence electrons. The number of allylic oxidation sites excluding steroid dienone is 2. The Balaban J connectivity index is 1.95. The molecule has 1 fully saturated rings. The fourth-order valence-corrected chi connectivity index (χ4v) is 4.51. The summed E-state index contributed by atoms with van der Waals surface area (Å²) in [6, 6.07) is 3.29. The zero-order chi connectivity index (χ0) is 17.5. The number of hydrogen-bond donors (Lipinski definition) is 2. The zero-order valence-electron chi connectivity index (χ0n) is 14.7. The van der Waals surface area contributed by atoms with E-state index in [1.165, 1.54) is 0 Å². The molecule has 0 atom stereocenters. The van der Waals surface area contributed by atoms with Crippen molar-refractivity contribution in [3.63, 3.8) is 0 Å².